The molecule has 1 atom stereocenters. The summed E-state index contributed by atoms with van der Waals surface area (Å²) in [6, 6.07) is -0.953. The van der Waals surface area contributed by atoms with E-state index in [-0.39, 0.29) is 0 Å². The van der Waals surface area contributed by atoms with Crippen LogP contribution in [0.25, 0.3) is 0 Å². The zero-order valence-corrected chi connectivity index (χ0v) is 8.59. The van der Waals surface area contributed by atoms with Crippen LogP contribution < -0.4 is 5.73 Å². The average molecular weight is 192 g/mol. The van der Waals surface area contributed by atoms with Crippen molar-refractivity contribution < 1.29 is 8.78 Å². The number of halogens is 2. The van der Waals surface area contributed by atoms with Crippen molar-refractivity contribution >= 4 is 5.71 Å². The molecule has 0 bridgehead atoms. The summed E-state index contributed by atoms with van der Waals surface area (Å²) in [5.41, 5.74) is 5.55. The van der Waals surface area contributed by atoms with E-state index in [1.807, 2.05) is 13.8 Å². The van der Waals surface area contributed by atoms with Crippen LogP contribution in [0, 0.1) is 0 Å². The van der Waals surface area contributed by atoms with E-state index < -0.39 is 12.5 Å². The van der Waals surface area contributed by atoms with Crippen molar-refractivity contribution in [3.63, 3.8) is 0 Å². The van der Waals surface area contributed by atoms with E-state index in [1.165, 1.54) is 19.2 Å². The Hall–Kier alpha value is -0.930. The Morgan fingerprint density at radius 3 is 2.15 bits per heavy atom. The molecule has 4 heteroatoms. The van der Waals surface area contributed by atoms with E-state index in [2.05, 4.69) is 4.99 Å². The van der Waals surface area contributed by atoms with Gasteiger partial charge in [0.25, 0.3) is 6.43 Å². The Morgan fingerprint density at radius 2 is 1.85 bits per heavy atom. The SMILES string of the molecule is CC.CC(/C=C\N)=NC(C)C(F)F. The molecule has 0 aliphatic rings. The fraction of sp³-hybridized carbons (Fsp3) is 0.667. The van der Waals surface area contributed by atoms with Crippen molar-refractivity contribution in [1.82, 2.24) is 0 Å². The van der Waals surface area contributed by atoms with Crippen LogP contribution in [-0.4, -0.2) is 18.2 Å². The molecule has 0 aromatic rings. The first kappa shape index (κ1) is 14.6. The zero-order chi connectivity index (χ0) is 10.9. The largest absolute Gasteiger partial charge is 0.405 e. The number of aliphatic imine (C=N–C) groups is 1. The van der Waals surface area contributed by atoms with Gasteiger partial charge in [-0.15, -0.1) is 0 Å². The smallest absolute Gasteiger partial charge is 0.260 e. The first-order valence-corrected chi connectivity index (χ1v) is 4.28. The average Bonchev–Trinajstić information content (AvgIpc) is 2.08. The number of hydrogen-bond acceptors (Lipinski definition) is 2. The van der Waals surface area contributed by atoms with Gasteiger partial charge in [0.1, 0.15) is 6.04 Å². The lowest BCUT2D eigenvalue weighted by atomic mass is 10.3. The number of allylic oxidation sites excluding steroid dienone is 1. The van der Waals surface area contributed by atoms with E-state index in [0.717, 1.165) is 0 Å². The Labute approximate surface area is 78.5 Å². The molecule has 0 heterocycles. The summed E-state index contributed by atoms with van der Waals surface area (Å²) >= 11 is 0. The Morgan fingerprint density at radius 1 is 1.38 bits per heavy atom. The first-order chi connectivity index (χ1) is 6.07. The summed E-state index contributed by atoms with van der Waals surface area (Å²) in [4.78, 5) is 3.67. The molecule has 2 N–H and O–H groups in total. The van der Waals surface area contributed by atoms with Gasteiger partial charge in [-0.05, 0) is 26.1 Å². The first-order valence-electron chi connectivity index (χ1n) is 4.28. The van der Waals surface area contributed by atoms with Crippen LogP contribution in [0.2, 0.25) is 0 Å². The van der Waals surface area contributed by atoms with E-state index in [0.29, 0.717) is 5.71 Å². The number of hydrogen-bond donors (Lipinski definition) is 1. The zero-order valence-electron chi connectivity index (χ0n) is 8.59. The van der Waals surface area contributed by atoms with Gasteiger partial charge in [0.05, 0.1) is 0 Å². The Bertz CT molecular complexity index is 165. The van der Waals surface area contributed by atoms with Crippen molar-refractivity contribution in [2.75, 3.05) is 0 Å². The van der Waals surface area contributed by atoms with Gasteiger partial charge in [-0.1, -0.05) is 13.8 Å². The Balaban J connectivity index is 0. The van der Waals surface area contributed by atoms with Gasteiger partial charge in [0.2, 0.25) is 0 Å². The Kier molecular flexibility index (Phi) is 10.3. The van der Waals surface area contributed by atoms with Crippen molar-refractivity contribution in [3.8, 4) is 0 Å². The van der Waals surface area contributed by atoms with E-state index in [9.17, 15) is 8.78 Å². The lowest BCUT2D eigenvalue weighted by Crippen LogP contribution is -2.12. The van der Waals surface area contributed by atoms with Crippen LogP contribution in [0.5, 0.6) is 0 Å². The van der Waals surface area contributed by atoms with Gasteiger partial charge in [-0.25, -0.2) is 8.78 Å². The van der Waals surface area contributed by atoms with E-state index in [4.69, 9.17) is 5.73 Å². The highest BCUT2D eigenvalue weighted by atomic mass is 19.3. The molecule has 78 valence electrons. The summed E-state index contributed by atoms with van der Waals surface area (Å²) in [7, 11) is 0. The van der Waals surface area contributed by atoms with Gasteiger partial charge >= 0.3 is 0 Å². The predicted octanol–water partition coefficient (Wildman–Crippen LogP) is 2.60. The van der Waals surface area contributed by atoms with Crippen LogP contribution in [0.15, 0.2) is 17.3 Å². The third kappa shape index (κ3) is 8.98. The molecule has 0 fully saturated rings. The van der Waals surface area contributed by atoms with Gasteiger partial charge in [-0.2, -0.15) is 0 Å². The van der Waals surface area contributed by atoms with Gasteiger partial charge in [0.15, 0.2) is 0 Å². The van der Waals surface area contributed by atoms with Crippen LogP contribution >= 0.6 is 0 Å². The van der Waals surface area contributed by atoms with E-state index >= 15 is 0 Å². The second-order valence-corrected chi connectivity index (χ2v) is 2.20. The minimum Gasteiger partial charge on any atom is -0.405 e. The summed E-state index contributed by atoms with van der Waals surface area (Å²) in [6.07, 6.45) is 0.353. The third-order valence-electron chi connectivity index (χ3n) is 1.11. The maximum Gasteiger partial charge on any atom is 0.260 e. The molecule has 13 heavy (non-hydrogen) atoms. The molecule has 0 amide bonds. The van der Waals surface area contributed by atoms with E-state index in [1.54, 1.807) is 6.92 Å². The maximum atomic E-state index is 11.9. The fourth-order valence-electron chi connectivity index (χ4n) is 0.560. The molecule has 1 unspecified atom stereocenters. The normalized spacial score (nSPS) is 14.2. The number of alkyl halides is 2. The predicted molar refractivity (Wildman–Crippen MR) is 53.3 cm³/mol. The van der Waals surface area contributed by atoms with Crippen molar-refractivity contribution in [3.05, 3.63) is 12.3 Å². The van der Waals surface area contributed by atoms with Gasteiger partial charge < -0.3 is 5.73 Å². The van der Waals surface area contributed by atoms with Crippen molar-refractivity contribution in [2.45, 2.75) is 40.2 Å². The van der Waals surface area contributed by atoms with Crippen molar-refractivity contribution in [2.24, 2.45) is 10.7 Å². The molecule has 0 aliphatic carbocycles. The lowest BCUT2D eigenvalue weighted by Gasteiger charge is -2.03. The topological polar surface area (TPSA) is 38.4 Å². The highest BCUT2D eigenvalue weighted by molar-refractivity contribution is 5.92. The van der Waals surface area contributed by atoms with Crippen molar-refractivity contribution in [1.29, 1.82) is 0 Å². The maximum absolute atomic E-state index is 11.9. The van der Waals surface area contributed by atoms with Gasteiger partial charge in [-0.3, -0.25) is 4.99 Å². The summed E-state index contributed by atoms with van der Waals surface area (Å²) in [5, 5.41) is 0. The van der Waals surface area contributed by atoms with Crippen LogP contribution in [0.4, 0.5) is 8.78 Å². The highest BCUT2D eigenvalue weighted by Gasteiger charge is 2.11. The minimum absolute atomic E-state index is 0.514. The minimum atomic E-state index is -2.41. The van der Waals surface area contributed by atoms with Gasteiger partial charge in [0, 0.05) is 5.71 Å². The molecule has 2 nitrogen and oxygen atoms in total. The molecule has 0 aromatic heterocycles. The summed E-state index contributed by atoms with van der Waals surface area (Å²) < 4.78 is 23.7. The standard InChI is InChI=1S/C7H12F2N2.C2H6/c1-5(3-4-10)11-6(2)7(8)9;1-2/h3-4,6-7H,10H2,1-2H3;1-2H3/b4-3-,11-5?;. The molecular formula is C9H18F2N2. The second-order valence-electron chi connectivity index (χ2n) is 2.20. The lowest BCUT2D eigenvalue weighted by molar-refractivity contribution is 0.124. The molecular weight excluding hydrogens is 174 g/mol. The van der Waals surface area contributed by atoms with Crippen LogP contribution in [-0.2, 0) is 0 Å². The molecule has 0 aliphatic heterocycles. The second kappa shape index (κ2) is 9.16. The number of nitrogens with zero attached hydrogens (tertiary/aromatic N) is 1. The highest BCUT2D eigenvalue weighted by Crippen LogP contribution is 2.04. The number of rotatable bonds is 3. The number of nitrogens with two attached hydrogens (primary N) is 1. The molecule has 0 saturated heterocycles. The quantitative estimate of drug-likeness (QED) is 0.686. The fourth-order valence-corrected chi connectivity index (χ4v) is 0.560. The monoisotopic (exact) mass is 192 g/mol. The molecule has 0 saturated carbocycles. The molecule has 0 aromatic carbocycles. The molecule has 0 rings (SSSR count). The van der Waals surface area contributed by atoms with Crippen LogP contribution in [0.1, 0.15) is 27.7 Å². The van der Waals surface area contributed by atoms with Crippen LogP contribution in [0.3, 0.4) is 0 Å². The summed E-state index contributed by atoms with van der Waals surface area (Å²) in [6.45, 7) is 6.99. The summed E-state index contributed by atoms with van der Waals surface area (Å²) in [5.74, 6) is 0. The molecule has 0 spiro atoms. The molecule has 0 radical (unpaired) electrons. The third-order valence-corrected chi connectivity index (χ3v) is 1.11.